The van der Waals surface area contributed by atoms with Crippen molar-refractivity contribution in [3.63, 3.8) is 0 Å². The van der Waals surface area contributed by atoms with Crippen molar-refractivity contribution in [3.8, 4) is 0 Å². The van der Waals surface area contributed by atoms with Gasteiger partial charge in [0.1, 0.15) is 0 Å². The number of hydrogen-bond acceptors (Lipinski definition) is 3. The number of aromatic nitrogens is 1. The van der Waals surface area contributed by atoms with Crippen LogP contribution in [0, 0.1) is 12.3 Å². The standard InChI is InChI=1S/C23H19F4N3.C2H6/c1-14-7-8-17(13-30-14)21(16-9-10-20(28)18(11-16)22(24)29)19(12-23(25,26)27)15-5-3-2-4-6-15;1-2/h2-11,13,29H,12,28H2,1H3;1-2H3/b21-19-,29-22?;. The molecular weight excluding hydrogens is 418 g/mol. The SMILES string of the molecule is CC.Cc1ccc(/C(=C(/CC(F)(F)F)c2ccccc2)c2ccc(N)c(C(=N)F)c2)cn1. The molecule has 1 heterocycles. The van der Waals surface area contributed by atoms with Gasteiger partial charge in [-0.25, -0.2) is 0 Å². The number of pyridine rings is 1. The third kappa shape index (κ3) is 6.26. The van der Waals surface area contributed by atoms with Crippen LogP contribution in [-0.4, -0.2) is 17.1 Å². The van der Waals surface area contributed by atoms with Crippen molar-refractivity contribution in [1.29, 1.82) is 5.41 Å². The summed E-state index contributed by atoms with van der Waals surface area (Å²) in [7, 11) is 0. The molecule has 0 atom stereocenters. The third-order valence-electron chi connectivity index (χ3n) is 4.58. The van der Waals surface area contributed by atoms with E-state index >= 15 is 0 Å². The molecule has 3 aromatic rings. The maximum Gasteiger partial charge on any atom is 0.393 e. The second kappa shape index (κ2) is 10.7. The number of aryl methyl sites for hydroxylation is 1. The molecule has 0 spiro atoms. The number of rotatable bonds is 5. The Labute approximate surface area is 185 Å². The fourth-order valence-electron chi connectivity index (χ4n) is 3.21. The maximum atomic E-state index is 13.7. The molecule has 0 bridgehead atoms. The summed E-state index contributed by atoms with van der Waals surface area (Å²) in [6.45, 7) is 5.77. The minimum atomic E-state index is -4.47. The summed E-state index contributed by atoms with van der Waals surface area (Å²) in [5, 5.41) is 7.31. The zero-order valence-electron chi connectivity index (χ0n) is 18.1. The Morgan fingerprint density at radius 2 is 1.56 bits per heavy atom. The van der Waals surface area contributed by atoms with Crippen molar-refractivity contribution in [1.82, 2.24) is 4.98 Å². The van der Waals surface area contributed by atoms with Crippen LogP contribution < -0.4 is 5.73 Å². The van der Waals surface area contributed by atoms with Gasteiger partial charge >= 0.3 is 6.18 Å². The summed E-state index contributed by atoms with van der Waals surface area (Å²) in [6.07, 6.45) is -4.17. The summed E-state index contributed by atoms with van der Waals surface area (Å²) in [4.78, 5) is 4.22. The van der Waals surface area contributed by atoms with Crippen LogP contribution in [-0.2, 0) is 0 Å². The zero-order valence-corrected chi connectivity index (χ0v) is 18.1. The first-order valence-corrected chi connectivity index (χ1v) is 10.1. The van der Waals surface area contributed by atoms with Gasteiger partial charge in [-0.2, -0.15) is 17.6 Å². The van der Waals surface area contributed by atoms with Gasteiger partial charge in [0.05, 0.1) is 12.0 Å². The van der Waals surface area contributed by atoms with E-state index in [0.717, 1.165) is 0 Å². The molecule has 0 amide bonds. The molecule has 3 nitrogen and oxygen atoms in total. The second-order valence-corrected chi connectivity index (χ2v) is 6.82. The highest BCUT2D eigenvalue weighted by molar-refractivity contribution is 6.02. The Balaban J connectivity index is 0.00000176. The van der Waals surface area contributed by atoms with Crippen LogP contribution in [0.25, 0.3) is 11.1 Å². The summed E-state index contributed by atoms with van der Waals surface area (Å²) in [5.74, 6) is -1.26. The topological polar surface area (TPSA) is 62.8 Å². The van der Waals surface area contributed by atoms with Gasteiger partial charge in [0.25, 0.3) is 0 Å². The van der Waals surface area contributed by atoms with Crippen molar-refractivity contribution < 1.29 is 17.6 Å². The monoisotopic (exact) mass is 443 g/mol. The Morgan fingerprint density at radius 1 is 0.938 bits per heavy atom. The summed E-state index contributed by atoms with van der Waals surface area (Å²) in [6, 6.07) is 15.8. The Hall–Kier alpha value is -3.48. The average Bonchev–Trinajstić information content (AvgIpc) is 2.76. The molecule has 0 radical (unpaired) electrons. The smallest absolute Gasteiger partial charge is 0.393 e. The van der Waals surface area contributed by atoms with Gasteiger partial charge in [0.2, 0.25) is 5.97 Å². The fourth-order valence-corrected chi connectivity index (χ4v) is 3.21. The Bertz CT molecular complexity index is 1090. The van der Waals surface area contributed by atoms with E-state index in [4.69, 9.17) is 11.1 Å². The summed E-state index contributed by atoms with van der Waals surface area (Å²) in [5.41, 5.74) is 7.74. The van der Waals surface area contributed by atoms with Crippen LogP contribution in [0.3, 0.4) is 0 Å². The van der Waals surface area contributed by atoms with Crippen LogP contribution in [0.15, 0.2) is 66.9 Å². The summed E-state index contributed by atoms with van der Waals surface area (Å²) < 4.78 is 54.3. The maximum absolute atomic E-state index is 13.7. The molecule has 0 saturated carbocycles. The molecule has 0 aliphatic heterocycles. The number of nitrogen functional groups attached to an aromatic ring is 1. The number of anilines is 1. The summed E-state index contributed by atoms with van der Waals surface area (Å²) >= 11 is 0. The molecule has 32 heavy (non-hydrogen) atoms. The van der Waals surface area contributed by atoms with Crippen molar-refractivity contribution in [2.24, 2.45) is 0 Å². The lowest BCUT2D eigenvalue weighted by atomic mass is 9.87. The first kappa shape index (κ1) is 24.8. The third-order valence-corrected chi connectivity index (χ3v) is 4.58. The lowest BCUT2D eigenvalue weighted by molar-refractivity contribution is -0.122. The average molecular weight is 443 g/mol. The predicted octanol–water partition coefficient (Wildman–Crippen LogP) is 7.20. The Morgan fingerprint density at radius 3 is 2.09 bits per heavy atom. The van der Waals surface area contributed by atoms with Crippen LogP contribution in [0.5, 0.6) is 0 Å². The number of alkyl halides is 3. The number of nitrogens with zero attached hydrogens (tertiary/aromatic N) is 1. The van der Waals surface area contributed by atoms with Crippen LogP contribution in [0.2, 0.25) is 0 Å². The van der Waals surface area contributed by atoms with Gasteiger partial charge in [-0.05, 0) is 47.4 Å². The molecule has 1 aromatic heterocycles. The predicted molar refractivity (Wildman–Crippen MR) is 122 cm³/mol. The minimum Gasteiger partial charge on any atom is -0.398 e. The van der Waals surface area contributed by atoms with E-state index in [9.17, 15) is 17.6 Å². The molecule has 3 N–H and O–H groups in total. The van der Waals surface area contributed by atoms with Crippen LogP contribution in [0.4, 0.5) is 23.2 Å². The fraction of sp³-hybridized carbons (Fsp3) is 0.200. The van der Waals surface area contributed by atoms with Gasteiger partial charge in [0.15, 0.2) is 0 Å². The number of allylic oxidation sites excluding steroid dienone is 1. The van der Waals surface area contributed by atoms with E-state index in [1.807, 2.05) is 13.8 Å². The van der Waals surface area contributed by atoms with E-state index in [1.54, 1.807) is 49.4 Å². The highest BCUT2D eigenvalue weighted by atomic mass is 19.4. The quantitative estimate of drug-likeness (QED) is 0.189. The number of halogens is 4. The van der Waals surface area contributed by atoms with Gasteiger partial charge in [0, 0.05) is 23.1 Å². The molecule has 2 aromatic carbocycles. The first-order chi connectivity index (χ1) is 15.2. The number of benzene rings is 2. The second-order valence-electron chi connectivity index (χ2n) is 6.82. The van der Waals surface area contributed by atoms with E-state index in [2.05, 4.69) is 4.98 Å². The molecule has 168 valence electrons. The van der Waals surface area contributed by atoms with Gasteiger partial charge in [-0.15, -0.1) is 0 Å². The molecule has 7 heteroatoms. The highest BCUT2D eigenvalue weighted by Crippen LogP contribution is 2.39. The van der Waals surface area contributed by atoms with E-state index in [1.165, 1.54) is 24.4 Å². The number of hydrogen-bond donors (Lipinski definition) is 2. The first-order valence-electron chi connectivity index (χ1n) is 10.1. The normalized spacial score (nSPS) is 11.8. The van der Waals surface area contributed by atoms with E-state index in [-0.39, 0.29) is 22.4 Å². The van der Waals surface area contributed by atoms with Crippen LogP contribution >= 0.6 is 0 Å². The molecule has 0 fully saturated rings. The molecule has 0 unspecified atom stereocenters. The molecule has 3 rings (SSSR count). The molecule has 0 saturated heterocycles. The highest BCUT2D eigenvalue weighted by Gasteiger charge is 2.31. The van der Waals surface area contributed by atoms with E-state index in [0.29, 0.717) is 22.4 Å². The van der Waals surface area contributed by atoms with Crippen molar-refractivity contribution >= 4 is 22.8 Å². The number of nitrogens with two attached hydrogens (primary N) is 1. The lowest BCUT2D eigenvalue weighted by Crippen LogP contribution is -2.10. The zero-order chi connectivity index (χ0) is 23.9. The number of nitrogens with one attached hydrogen (secondary N) is 1. The van der Waals surface area contributed by atoms with Gasteiger partial charge in [-0.3, -0.25) is 10.4 Å². The Kier molecular flexibility index (Phi) is 8.29. The molecule has 0 aliphatic rings. The lowest BCUT2D eigenvalue weighted by Gasteiger charge is -2.19. The molecular formula is C25H25F4N3. The van der Waals surface area contributed by atoms with Crippen molar-refractivity contribution in [2.45, 2.75) is 33.4 Å². The van der Waals surface area contributed by atoms with Gasteiger partial charge < -0.3 is 5.73 Å². The largest absolute Gasteiger partial charge is 0.398 e. The van der Waals surface area contributed by atoms with Gasteiger partial charge in [-0.1, -0.05) is 56.3 Å². The van der Waals surface area contributed by atoms with E-state index < -0.39 is 18.6 Å². The molecule has 0 aliphatic carbocycles. The van der Waals surface area contributed by atoms with Crippen molar-refractivity contribution in [3.05, 3.63) is 94.8 Å². The van der Waals surface area contributed by atoms with Crippen molar-refractivity contribution in [2.75, 3.05) is 5.73 Å². The van der Waals surface area contributed by atoms with Crippen LogP contribution in [0.1, 0.15) is 48.2 Å². The minimum absolute atomic E-state index is 0.0230.